The van der Waals surface area contributed by atoms with Crippen LogP contribution in [0.3, 0.4) is 0 Å². The van der Waals surface area contributed by atoms with Gasteiger partial charge in [0.2, 0.25) is 5.91 Å². The zero-order valence-electron chi connectivity index (χ0n) is 10.9. The fraction of sp³-hybridized carbons (Fsp3) is 0.500. The zero-order valence-corrected chi connectivity index (χ0v) is 10.9. The molecule has 1 rings (SSSR count). The second-order valence-corrected chi connectivity index (χ2v) is 4.20. The number of ether oxygens (including phenoxy) is 1. The van der Waals surface area contributed by atoms with E-state index in [1.54, 1.807) is 0 Å². The first-order valence-corrected chi connectivity index (χ1v) is 6.45. The molecule has 0 saturated heterocycles. The normalized spacial score (nSPS) is 11.9. The molecule has 100 valence electrons. The first-order chi connectivity index (χ1) is 8.74. The van der Waals surface area contributed by atoms with Gasteiger partial charge in [0, 0.05) is 6.54 Å². The summed E-state index contributed by atoms with van der Waals surface area (Å²) in [5, 5.41) is 2.81. The number of nitrogens with one attached hydrogen (secondary N) is 1. The predicted octanol–water partition coefficient (Wildman–Crippen LogP) is 1.70. The fourth-order valence-corrected chi connectivity index (χ4v) is 1.56. The third-order valence-electron chi connectivity index (χ3n) is 2.57. The van der Waals surface area contributed by atoms with Crippen LogP contribution in [0.5, 0.6) is 5.75 Å². The van der Waals surface area contributed by atoms with Crippen molar-refractivity contribution in [3.63, 3.8) is 0 Å². The molecule has 0 aliphatic rings. The van der Waals surface area contributed by atoms with Crippen molar-refractivity contribution in [2.24, 2.45) is 5.73 Å². The number of nitrogens with two attached hydrogens (primary N) is 1. The second kappa shape index (κ2) is 8.53. The second-order valence-electron chi connectivity index (χ2n) is 4.20. The van der Waals surface area contributed by atoms with Gasteiger partial charge in [-0.15, -0.1) is 0 Å². The minimum Gasteiger partial charge on any atom is -0.494 e. The Morgan fingerprint density at radius 1 is 1.39 bits per heavy atom. The lowest BCUT2D eigenvalue weighted by atomic mass is 10.2. The lowest BCUT2D eigenvalue weighted by molar-refractivity contribution is -0.122. The summed E-state index contributed by atoms with van der Waals surface area (Å²) in [5.74, 6) is 0.781. The van der Waals surface area contributed by atoms with Gasteiger partial charge in [-0.05, 0) is 25.0 Å². The van der Waals surface area contributed by atoms with Gasteiger partial charge in [0.1, 0.15) is 5.75 Å². The smallest absolute Gasteiger partial charge is 0.236 e. The number of benzene rings is 1. The van der Waals surface area contributed by atoms with Crippen LogP contribution < -0.4 is 15.8 Å². The Bertz CT molecular complexity index is 341. The molecule has 1 aromatic carbocycles. The molecule has 3 N–H and O–H groups in total. The van der Waals surface area contributed by atoms with E-state index < -0.39 is 0 Å². The van der Waals surface area contributed by atoms with Gasteiger partial charge in [0.25, 0.3) is 0 Å². The van der Waals surface area contributed by atoms with Gasteiger partial charge in [-0.1, -0.05) is 31.5 Å². The molecule has 18 heavy (non-hydrogen) atoms. The van der Waals surface area contributed by atoms with Gasteiger partial charge in [-0.2, -0.15) is 0 Å². The molecule has 1 atom stereocenters. The number of carbonyl (C=O) groups is 1. The topological polar surface area (TPSA) is 64.4 Å². The number of hydrogen-bond donors (Lipinski definition) is 2. The molecule has 1 amide bonds. The number of rotatable bonds is 8. The average molecular weight is 250 g/mol. The predicted molar refractivity (Wildman–Crippen MR) is 72.4 cm³/mol. The van der Waals surface area contributed by atoms with E-state index in [1.807, 2.05) is 37.3 Å². The summed E-state index contributed by atoms with van der Waals surface area (Å²) in [6, 6.07) is 9.25. The van der Waals surface area contributed by atoms with Crippen molar-refractivity contribution in [3.8, 4) is 5.75 Å². The van der Waals surface area contributed by atoms with Gasteiger partial charge in [0.15, 0.2) is 0 Å². The molecule has 0 aliphatic heterocycles. The first-order valence-electron chi connectivity index (χ1n) is 6.45. The Kier molecular flexibility index (Phi) is 6.87. The van der Waals surface area contributed by atoms with Gasteiger partial charge in [-0.25, -0.2) is 0 Å². The maximum Gasteiger partial charge on any atom is 0.236 e. The molecule has 0 radical (unpaired) electrons. The van der Waals surface area contributed by atoms with Crippen molar-refractivity contribution in [2.75, 3.05) is 13.2 Å². The molecule has 0 aromatic heterocycles. The van der Waals surface area contributed by atoms with Gasteiger partial charge < -0.3 is 15.8 Å². The van der Waals surface area contributed by atoms with Crippen LogP contribution in [0, 0.1) is 0 Å². The average Bonchev–Trinajstić information content (AvgIpc) is 2.39. The molecule has 0 spiro atoms. The van der Waals surface area contributed by atoms with Crippen LogP contribution in [0.25, 0.3) is 0 Å². The number of amides is 1. The maximum absolute atomic E-state index is 11.5. The van der Waals surface area contributed by atoms with Crippen molar-refractivity contribution >= 4 is 5.91 Å². The van der Waals surface area contributed by atoms with Crippen molar-refractivity contribution in [1.29, 1.82) is 0 Å². The quantitative estimate of drug-likeness (QED) is 0.690. The molecule has 0 saturated carbocycles. The van der Waals surface area contributed by atoms with Crippen molar-refractivity contribution in [1.82, 2.24) is 5.32 Å². The molecule has 0 bridgehead atoms. The van der Waals surface area contributed by atoms with E-state index in [9.17, 15) is 4.79 Å². The molecular weight excluding hydrogens is 228 g/mol. The molecular formula is C14H22N2O2. The third-order valence-corrected chi connectivity index (χ3v) is 2.57. The van der Waals surface area contributed by atoms with E-state index in [1.165, 1.54) is 0 Å². The zero-order chi connectivity index (χ0) is 13.2. The molecule has 4 heteroatoms. The Labute approximate surface area is 109 Å². The Morgan fingerprint density at radius 3 is 2.78 bits per heavy atom. The van der Waals surface area contributed by atoms with Crippen LogP contribution >= 0.6 is 0 Å². The highest BCUT2D eigenvalue weighted by Gasteiger charge is 2.10. The summed E-state index contributed by atoms with van der Waals surface area (Å²) in [7, 11) is 0. The molecule has 1 aromatic rings. The van der Waals surface area contributed by atoms with E-state index in [0.29, 0.717) is 13.2 Å². The summed E-state index contributed by atoms with van der Waals surface area (Å²) in [6.07, 6.45) is 2.43. The lowest BCUT2D eigenvalue weighted by Gasteiger charge is -2.11. The Morgan fingerprint density at radius 2 is 2.11 bits per heavy atom. The number of carbonyl (C=O) groups excluding carboxylic acids is 1. The van der Waals surface area contributed by atoms with Crippen LogP contribution in [0.4, 0.5) is 0 Å². The van der Waals surface area contributed by atoms with E-state index in [0.717, 1.165) is 25.0 Å². The summed E-state index contributed by atoms with van der Waals surface area (Å²) < 4.78 is 5.51. The van der Waals surface area contributed by atoms with Gasteiger partial charge in [0.05, 0.1) is 12.6 Å². The van der Waals surface area contributed by atoms with Crippen molar-refractivity contribution < 1.29 is 9.53 Å². The summed E-state index contributed by atoms with van der Waals surface area (Å²) >= 11 is 0. The highest BCUT2D eigenvalue weighted by Crippen LogP contribution is 2.07. The highest BCUT2D eigenvalue weighted by atomic mass is 16.5. The molecule has 1 unspecified atom stereocenters. The SMILES string of the molecule is CCCC(N)C(=O)NCCCOc1ccccc1. The fourth-order valence-electron chi connectivity index (χ4n) is 1.56. The van der Waals surface area contributed by atoms with Gasteiger partial charge >= 0.3 is 0 Å². The van der Waals surface area contributed by atoms with Crippen molar-refractivity contribution in [2.45, 2.75) is 32.2 Å². The van der Waals surface area contributed by atoms with Crippen LogP contribution in [0.2, 0.25) is 0 Å². The van der Waals surface area contributed by atoms with Crippen LogP contribution in [-0.2, 0) is 4.79 Å². The minimum atomic E-state index is -0.384. The summed E-state index contributed by atoms with van der Waals surface area (Å²) in [4.78, 5) is 11.5. The van der Waals surface area contributed by atoms with Crippen LogP contribution in [0.1, 0.15) is 26.2 Å². The lowest BCUT2D eigenvalue weighted by Crippen LogP contribution is -2.41. The Balaban J connectivity index is 2.07. The molecule has 0 heterocycles. The summed E-state index contributed by atoms with van der Waals surface area (Å²) in [6.45, 7) is 3.21. The van der Waals surface area contributed by atoms with E-state index in [-0.39, 0.29) is 11.9 Å². The van der Waals surface area contributed by atoms with E-state index >= 15 is 0 Å². The van der Waals surface area contributed by atoms with Crippen molar-refractivity contribution in [3.05, 3.63) is 30.3 Å². The first kappa shape index (κ1) is 14.5. The minimum absolute atomic E-state index is 0.0726. The van der Waals surface area contributed by atoms with E-state index in [4.69, 9.17) is 10.5 Å². The number of para-hydroxylation sites is 1. The van der Waals surface area contributed by atoms with Gasteiger partial charge in [-0.3, -0.25) is 4.79 Å². The molecule has 0 fully saturated rings. The Hall–Kier alpha value is -1.55. The molecule has 4 nitrogen and oxygen atoms in total. The monoisotopic (exact) mass is 250 g/mol. The molecule has 0 aliphatic carbocycles. The number of hydrogen-bond acceptors (Lipinski definition) is 3. The van der Waals surface area contributed by atoms with E-state index in [2.05, 4.69) is 5.32 Å². The summed E-state index contributed by atoms with van der Waals surface area (Å²) in [5.41, 5.74) is 5.69. The highest BCUT2D eigenvalue weighted by molar-refractivity contribution is 5.81. The third kappa shape index (κ3) is 5.68. The maximum atomic E-state index is 11.5. The standard InChI is InChI=1S/C14H22N2O2/c1-2-7-13(15)14(17)16-10-6-11-18-12-8-4-3-5-9-12/h3-5,8-9,13H,2,6-7,10-11,15H2,1H3,(H,16,17). The van der Waals surface area contributed by atoms with Crippen LogP contribution in [-0.4, -0.2) is 25.1 Å². The van der Waals surface area contributed by atoms with Crippen LogP contribution in [0.15, 0.2) is 30.3 Å². The largest absolute Gasteiger partial charge is 0.494 e.